The van der Waals surface area contributed by atoms with Crippen molar-refractivity contribution in [1.82, 2.24) is 0 Å². The lowest BCUT2D eigenvalue weighted by molar-refractivity contribution is -0.111. The molecule has 0 spiro atoms. The molecule has 4 atom stereocenters. The van der Waals surface area contributed by atoms with Crippen molar-refractivity contribution in [2.45, 2.75) is 80.6 Å². The molecule has 0 amide bonds. The Morgan fingerprint density at radius 1 is 0.917 bits per heavy atom. The lowest BCUT2D eigenvalue weighted by Crippen LogP contribution is -2.27. The van der Waals surface area contributed by atoms with Crippen LogP contribution in [0, 0.1) is 43.4 Å². The number of carbonyl (C=O) groups excluding carboxylic acids is 1. The van der Waals surface area contributed by atoms with E-state index in [1.54, 1.807) is 0 Å². The van der Waals surface area contributed by atoms with Gasteiger partial charge in [0.25, 0.3) is 0 Å². The predicted molar refractivity (Wildman–Crippen MR) is 150 cm³/mol. The molecule has 0 aromatic heterocycles. The molecule has 1 fully saturated rings. The van der Waals surface area contributed by atoms with Crippen molar-refractivity contribution in [3.63, 3.8) is 0 Å². The summed E-state index contributed by atoms with van der Waals surface area (Å²) < 4.78 is 0. The van der Waals surface area contributed by atoms with Crippen LogP contribution in [0.5, 0.6) is 0 Å². The van der Waals surface area contributed by atoms with Gasteiger partial charge < -0.3 is 5.11 Å². The Morgan fingerprint density at radius 3 is 2.28 bits per heavy atom. The Balaban J connectivity index is 1.61. The summed E-state index contributed by atoms with van der Waals surface area (Å²) >= 11 is 0. The molecule has 5 aliphatic rings. The van der Waals surface area contributed by atoms with Gasteiger partial charge in [-0.15, -0.1) is 0 Å². The molecule has 0 radical (unpaired) electrons. The zero-order valence-corrected chi connectivity index (χ0v) is 23.3. The Hall–Kier alpha value is -2.61. The highest BCUT2D eigenvalue weighted by molar-refractivity contribution is 6.40. The van der Waals surface area contributed by atoms with Crippen LogP contribution in [0.4, 0.5) is 0 Å². The van der Waals surface area contributed by atoms with Crippen LogP contribution in [0.15, 0.2) is 52.8 Å². The molecule has 0 aliphatic heterocycles. The lowest BCUT2D eigenvalue weighted by atomic mass is 9.72. The number of aryl methyl sites for hydroxylation is 2. The maximum absolute atomic E-state index is 13.8. The Bertz CT molecular complexity index is 1300. The fourth-order valence-corrected chi connectivity index (χ4v) is 7.24. The van der Waals surface area contributed by atoms with Crippen molar-refractivity contribution in [1.29, 1.82) is 0 Å². The van der Waals surface area contributed by atoms with E-state index in [2.05, 4.69) is 85.7 Å². The number of allylic oxidation sites excluding steroid dienone is 5. The Morgan fingerprint density at radius 2 is 1.64 bits per heavy atom. The molecular weight excluding hydrogens is 440 g/mol. The first-order chi connectivity index (χ1) is 17.0. The normalized spacial score (nSPS) is 28.6. The summed E-state index contributed by atoms with van der Waals surface area (Å²) in [5.74, 6) is 3.39. The summed E-state index contributed by atoms with van der Waals surface area (Å²) in [6.07, 6.45) is 5.88. The number of aliphatic hydroxyl groups excluding tert-OH is 1. The molecule has 0 bridgehead atoms. The first-order valence-electron chi connectivity index (χ1n) is 14.0. The molecule has 36 heavy (non-hydrogen) atoms. The van der Waals surface area contributed by atoms with Gasteiger partial charge in [-0.3, -0.25) is 4.79 Å². The second-order valence-electron chi connectivity index (χ2n) is 12.5. The van der Waals surface area contributed by atoms with Gasteiger partial charge in [0, 0.05) is 0 Å². The summed E-state index contributed by atoms with van der Waals surface area (Å²) in [4.78, 5) is 13.8. The third kappa shape index (κ3) is 3.80. The second kappa shape index (κ2) is 9.05. The first kappa shape index (κ1) is 25.1. The minimum atomic E-state index is 0.0194. The van der Waals surface area contributed by atoms with Crippen LogP contribution in [0.1, 0.15) is 89.0 Å². The maximum atomic E-state index is 13.8. The molecule has 190 valence electrons. The van der Waals surface area contributed by atoms with Crippen molar-refractivity contribution in [2.24, 2.45) is 29.6 Å². The number of hydrogen-bond donors (Lipinski definition) is 1. The number of ketones is 1. The highest BCUT2D eigenvalue weighted by Crippen LogP contribution is 2.54. The Labute approximate surface area is 217 Å². The van der Waals surface area contributed by atoms with Gasteiger partial charge in [0.05, 0.1) is 11.1 Å². The average molecular weight is 483 g/mol. The number of hydrogen-bond acceptors (Lipinski definition) is 2. The quantitative estimate of drug-likeness (QED) is 0.443. The minimum Gasteiger partial charge on any atom is -0.506 e. The van der Waals surface area contributed by atoms with E-state index in [-0.39, 0.29) is 11.5 Å². The molecule has 5 rings (SSSR count). The van der Waals surface area contributed by atoms with Crippen LogP contribution < -0.4 is 0 Å². The average Bonchev–Trinajstić information content (AvgIpc) is 3.11. The van der Waals surface area contributed by atoms with E-state index in [0.29, 0.717) is 40.7 Å². The molecule has 0 saturated heterocycles. The summed E-state index contributed by atoms with van der Waals surface area (Å²) in [5.41, 5.74) is 10.3. The molecular formula is C34H42O2. The molecule has 0 aromatic carbocycles. The fourth-order valence-electron chi connectivity index (χ4n) is 7.24. The third-order valence-electron chi connectivity index (χ3n) is 9.57. The van der Waals surface area contributed by atoms with E-state index >= 15 is 0 Å². The van der Waals surface area contributed by atoms with Gasteiger partial charge in [-0.25, -0.2) is 0 Å². The lowest BCUT2D eigenvalue weighted by Gasteiger charge is -2.31. The van der Waals surface area contributed by atoms with E-state index in [9.17, 15) is 9.90 Å². The molecule has 2 nitrogen and oxygen atoms in total. The summed E-state index contributed by atoms with van der Waals surface area (Å²) in [6.45, 7) is 17.9. The van der Waals surface area contributed by atoms with E-state index in [4.69, 9.17) is 0 Å². The van der Waals surface area contributed by atoms with Crippen LogP contribution in [0.2, 0.25) is 0 Å². The van der Waals surface area contributed by atoms with Gasteiger partial charge in [0.2, 0.25) is 5.78 Å². The van der Waals surface area contributed by atoms with Gasteiger partial charge in [0.15, 0.2) is 0 Å². The van der Waals surface area contributed by atoms with Crippen LogP contribution in [0.25, 0.3) is 16.7 Å². The van der Waals surface area contributed by atoms with Gasteiger partial charge in [-0.2, -0.15) is 0 Å². The topological polar surface area (TPSA) is 37.3 Å². The zero-order valence-electron chi connectivity index (χ0n) is 23.3. The molecule has 4 unspecified atom stereocenters. The van der Waals surface area contributed by atoms with Crippen LogP contribution in [-0.2, 0) is 4.79 Å². The SMILES string of the molecule is CC1=C/C(=C2/C(=O)C(c3cc(C)c4cc(C(C)C)ccc(C)c3-4)=C2O)C2C(C)CCC(C(C)C)CC12. The zero-order chi connectivity index (χ0) is 26.0. The molecule has 2 heteroatoms. The summed E-state index contributed by atoms with van der Waals surface area (Å²) in [5, 5.41) is 11.5. The molecule has 0 aromatic rings. The van der Waals surface area contributed by atoms with Crippen molar-refractivity contribution in [3.8, 4) is 11.1 Å². The largest absolute Gasteiger partial charge is 0.506 e. The standard InChI is InChI=1S/C34H42O2/c1-17(2)23-11-9-19(5)29-25(15-23)21(7)13-27(29)31-33(35)32(34(31)36)28-14-22(8)26-16-24(18(3)4)12-10-20(6)30(26)28/h9,11,13-15,17-18,20,24,26,30,35H,10,12,16H2,1-8H3/b32-28-. The van der Waals surface area contributed by atoms with Gasteiger partial charge >= 0.3 is 0 Å². The van der Waals surface area contributed by atoms with Crippen molar-refractivity contribution >= 4 is 11.4 Å². The molecule has 1 N–H and O–H groups in total. The van der Waals surface area contributed by atoms with Crippen LogP contribution >= 0.6 is 0 Å². The molecule has 0 heterocycles. The van der Waals surface area contributed by atoms with Crippen molar-refractivity contribution < 1.29 is 9.90 Å². The fraction of sp³-hybridized carbons (Fsp3) is 0.500. The maximum Gasteiger partial charge on any atom is 0.201 e. The van der Waals surface area contributed by atoms with Gasteiger partial charge in [0.1, 0.15) is 5.76 Å². The first-order valence-corrected chi connectivity index (χ1v) is 14.0. The number of aliphatic hydroxyl groups is 1. The summed E-state index contributed by atoms with van der Waals surface area (Å²) in [7, 11) is 0. The third-order valence-corrected chi connectivity index (χ3v) is 9.57. The van der Waals surface area contributed by atoms with E-state index in [0.717, 1.165) is 33.7 Å². The minimum absolute atomic E-state index is 0.0194. The van der Waals surface area contributed by atoms with E-state index in [1.807, 2.05) is 0 Å². The van der Waals surface area contributed by atoms with Crippen LogP contribution in [0.3, 0.4) is 0 Å². The molecule has 1 saturated carbocycles. The van der Waals surface area contributed by atoms with Crippen LogP contribution in [-0.4, -0.2) is 10.9 Å². The number of fused-ring (bicyclic) bond motifs is 2. The number of Topliss-reactive ketones (excluding diaryl/α,β-unsaturated/α-hetero) is 1. The van der Waals surface area contributed by atoms with E-state index in [1.165, 1.54) is 36.0 Å². The monoisotopic (exact) mass is 482 g/mol. The highest BCUT2D eigenvalue weighted by atomic mass is 16.3. The number of rotatable bonds is 3. The Kier molecular flexibility index (Phi) is 6.30. The van der Waals surface area contributed by atoms with E-state index < -0.39 is 0 Å². The van der Waals surface area contributed by atoms with Gasteiger partial charge in [-0.1, -0.05) is 64.5 Å². The van der Waals surface area contributed by atoms with Gasteiger partial charge in [-0.05, 0) is 121 Å². The summed E-state index contributed by atoms with van der Waals surface area (Å²) in [6, 6.07) is 8.72. The molecule has 5 aliphatic carbocycles. The predicted octanol–water partition coefficient (Wildman–Crippen LogP) is 8.96. The van der Waals surface area contributed by atoms with Crippen molar-refractivity contribution in [3.05, 3.63) is 75.1 Å². The smallest absolute Gasteiger partial charge is 0.201 e. The van der Waals surface area contributed by atoms with Crippen molar-refractivity contribution in [2.75, 3.05) is 0 Å². The highest BCUT2D eigenvalue weighted by Gasteiger charge is 2.46. The second-order valence-corrected chi connectivity index (χ2v) is 12.5. The number of carbonyl (C=O) groups is 1.